The molecule has 0 aliphatic carbocycles. The van der Waals surface area contributed by atoms with E-state index in [-0.39, 0.29) is 24.0 Å². The highest BCUT2D eigenvalue weighted by atomic mass is 127. The fraction of sp³-hybridized carbons (Fsp3) is 0.529. The molecule has 0 amide bonds. The fourth-order valence-corrected chi connectivity index (χ4v) is 2.56. The van der Waals surface area contributed by atoms with Crippen LogP contribution in [0.25, 0.3) is 11.0 Å². The van der Waals surface area contributed by atoms with Gasteiger partial charge in [-0.1, -0.05) is 38.8 Å². The van der Waals surface area contributed by atoms with Crippen LogP contribution in [0.2, 0.25) is 0 Å². The number of aryl methyl sites for hydroxylation is 1. The summed E-state index contributed by atoms with van der Waals surface area (Å²) in [5.41, 5.74) is 2.18. The molecule has 0 unspecified atom stereocenters. The summed E-state index contributed by atoms with van der Waals surface area (Å²) in [6.45, 7) is 6.07. The van der Waals surface area contributed by atoms with Gasteiger partial charge in [-0.2, -0.15) is 0 Å². The first-order valence-electron chi connectivity index (χ1n) is 8.04. The van der Waals surface area contributed by atoms with Crippen molar-refractivity contribution < 1.29 is 0 Å². The molecule has 23 heavy (non-hydrogen) atoms. The number of nitrogens with one attached hydrogen (secondary N) is 2. The van der Waals surface area contributed by atoms with Gasteiger partial charge in [0, 0.05) is 20.6 Å². The van der Waals surface area contributed by atoms with Gasteiger partial charge >= 0.3 is 0 Å². The number of nitrogens with zero attached hydrogens (tertiary/aromatic N) is 3. The highest BCUT2D eigenvalue weighted by molar-refractivity contribution is 14.0. The van der Waals surface area contributed by atoms with Crippen LogP contribution in [0.5, 0.6) is 0 Å². The van der Waals surface area contributed by atoms with Crippen LogP contribution in [-0.2, 0) is 13.6 Å². The van der Waals surface area contributed by atoms with Crippen molar-refractivity contribution in [2.24, 2.45) is 18.0 Å². The molecule has 0 aliphatic heterocycles. The Morgan fingerprint density at radius 2 is 1.91 bits per heavy atom. The lowest BCUT2D eigenvalue weighted by Crippen LogP contribution is -2.39. The van der Waals surface area contributed by atoms with Crippen molar-refractivity contribution in [1.29, 1.82) is 0 Å². The van der Waals surface area contributed by atoms with Gasteiger partial charge in [0.05, 0.1) is 17.6 Å². The topological polar surface area (TPSA) is 54.2 Å². The number of para-hydroxylation sites is 2. The Morgan fingerprint density at radius 1 is 1.22 bits per heavy atom. The number of imidazole rings is 1. The van der Waals surface area contributed by atoms with Gasteiger partial charge in [-0.3, -0.25) is 4.99 Å². The van der Waals surface area contributed by atoms with E-state index < -0.39 is 0 Å². The first kappa shape index (κ1) is 19.7. The van der Waals surface area contributed by atoms with Crippen molar-refractivity contribution in [2.75, 3.05) is 13.6 Å². The van der Waals surface area contributed by atoms with Crippen LogP contribution in [0, 0.1) is 5.92 Å². The highest BCUT2D eigenvalue weighted by Crippen LogP contribution is 2.13. The average molecular weight is 429 g/mol. The summed E-state index contributed by atoms with van der Waals surface area (Å²) >= 11 is 0. The third-order valence-corrected chi connectivity index (χ3v) is 4.23. The van der Waals surface area contributed by atoms with E-state index in [1.165, 1.54) is 12.8 Å². The first-order valence-corrected chi connectivity index (χ1v) is 8.04. The molecular weight excluding hydrogens is 401 g/mol. The average Bonchev–Trinajstić information content (AvgIpc) is 2.88. The molecule has 0 radical (unpaired) electrons. The van der Waals surface area contributed by atoms with Crippen molar-refractivity contribution in [3.63, 3.8) is 0 Å². The molecular formula is C17H28IN5. The van der Waals surface area contributed by atoms with E-state index in [2.05, 4.69) is 45.1 Å². The Kier molecular flexibility index (Phi) is 8.36. The Bertz CT molecular complexity index is 631. The third-order valence-electron chi connectivity index (χ3n) is 4.23. The molecule has 6 heteroatoms. The molecule has 0 saturated heterocycles. The van der Waals surface area contributed by atoms with Crippen LogP contribution in [0.1, 0.15) is 32.5 Å². The summed E-state index contributed by atoms with van der Waals surface area (Å²) in [7, 11) is 3.85. The highest BCUT2D eigenvalue weighted by Gasteiger charge is 2.08. The summed E-state index contributed by atoms with van der Waals surface area (Å²) in [6.07, 6.45) is 2.37. The lowest BCUT2D eigenvalue weighted by Gasteiger charge is -2.16. The minimum Gasteiger partial charge on any atom is -0.356 e. The Hall–Kier alpha value is -1.31. The fourth-order valence-electron chi connectivity index (χ4n) is 2.56. The van der Waals surface area contributed by atoms with Gasteiger partial charge in [-0.15, -0.1) is 24.0 Å². The number of hydrogen-bond acceptors (Lipinski definition) is 2. The largest absolute Gasteiger partial charge is 0.356 e. The van der Waals surface area contributed by atoms with E-state index in [0.29, 0.717) is 12.5 Å². The van der Waals surface area contributed by atoms with Gasteiger partial charge in [0.2, 0.25) is 0 Å². The summed E-state index contributed by atoms with van der Waals surface area (Å²) < 4.78 is 2.12. The summed E-state index contributed by atoms with van der Waals surface area (Å²) in [4.78, 5) is 8.95. The summed E-state index contributed by atoms with van der Waals surface area (Å²) in [5, 5.41) is 6.74. The standard InChI is InChI=1S/C17H27N5.HI/c1-5-13(6-2)11-19-17(18-3)20-12-16-21-14-9-7-8-10-15(14)22(16)4;/h7-10,13H,5-6,11-12H2,1-4H3,(H2,18,19,20);1H. The van der Waals surface area contributed by atoms with Crippen LogP contribution < -0.4 is 10.6 Å². The smallest absolute Gasteiger partial charge is 0.191 e. The van der Waals surface area contributed by atoms with E-state index >= 15 is 0 Å². The number of benzene rings is 1. The molecule has 0 bridgehead atoms. The molecule has 0 aliphatic rings. The predicted octanol–water partition coefficient (Wildman–Crippen LogP) is 3.29. The normalized spacial score (nSPS) is 11.6. The van der Waals surface area contributed by atoms with E-state index in [9.17, 15) is 0 Å². The van der Waals surface area contributed by atoms with Crippen molar-refractivity contribution in [2.45, 2.75) is 33.2 Å². The number of aliphatic imine (C=N–C) groups is 1. The SMILES string of the molecule is CCC(CC)CNC(=NC)NCc1nc2ccccc2n1C.I. The Labute approximate surface area is 156 Å². The van der Waals surface area contributed by atoms with Crippen LogP contribution >= 0.6 is 24.0 Å². The van der Waals surface area contributed by atoms with Crippen molar-refractivity contribution >= 4 is 41.0 Å². The second-order valence-corrected chi connectivity index (χ2v) is 5.56. The van der Waals surface area contributed by atoms with Gasteiger partial charge in [0.25, 0.3) is 0 Å². The number of halogens is 1. The second-order valence-electron chi connectivity index (χ2n) is 5.56. The minimum absolute atomic E-state index is 0. The zero-order chi connectivity index (χ0) is 15.9. The van der Waals surface area contributed by atoms with E-state index in [1.807, 2.05) is 25.2 Å². The predicted molar refractivity (Wildman–Crippen MR) is 108 cm³/mol. The molecule has 128 valence electrons. The molecule has 0 spiro atoms. The maximum Gasteiger partial charge on any atom is 0.191 e. The molecule has 2 N–H and O–H groups in total. The summed E-state index contributed by atoms with van der Waals surface area (Å²) in [6, 6.07) is 8.19. The lowest BCUT2D eigenvalue weighted by molar-refractivity contribution is 0.481. The quantitative estimate of drug-likeness (QED) is 0.421. The van der Waals surface area contributed by atoms with Gasteiger partial charge in [0.15, 0.2) is 5.96 Å². The zero-order valence-corrected chi connectivity index (χ0v) is 16.8. The molecule has 0 saturated carbocycles. The number of guanidine groups is 1. The molecule has 0 fully saturated rings. The van der Waals surface area contributed by atoms with Crippen LogP contribution in [0.15, 0.2) is 29.3 Å². The maximum absolute atomic E-state index is 4.66. The number of hydrogen-bond donors (Lipinski definition) is 2. The number of fused-ring (bicyclic) bond motifs is 1. The molecule has 2 rings (SSSR count). The van der Waals surface area contributed by atoms with Crippen molar-refractivity contribution in [3.8, 4) is 0 Å². The van der Waals surface area contributed by atoms with Crippen LogP contribution in [0.4, 0.5) is 0 Å². The minimum atomic E-state index is 0. The molecule has 0 atom stereocenters. The molecule has 1 aromatic carbocycles. The summed E-state index contributed by atoms with van der Waals surface area (Å²) in [5.74, 6) is 2.53. The third kappa shape index (κ3) is 5.09. The van der Waals surface area contributed by atoms with Crippen molar-refractivity contribution in [3.05, 3.63) is 30.1 Å². The number of aromatic nitrogens is 2. The van der Waals surface area contributed by atoms with Crippen LogP contribution in [0.3, 0.4) is 0 Å². The van der Waals surface area contributed by atoms with Crippen molar-refractivity contribution in [1.82, 2.24) is 20.2 Å². The Balaban J connectivity index is 0.00000264. The first-order chi connectivity index (χ1) is 10.7. The molecule has 5 nitrogen and oxygen atoms in total. The molecule has 1 aromatic heterocycles. The lowest BCUT2D eigenvalue weighted by atomic mass is 10.0. The molecule has 1 heterocycles. The van der Waals surface area contributed by atoms with Gasteiger partial charge in [0.1, 0.15) is 5.82 Å². The number of rotatable bonds is 6. The van der Waals surface area contributed by atoms with E-state index in [0.717, 1.165) is 29.4 Å². The van der Waals surface area contributed by atoms with Gasteiger partial charge in [-0.25, -0.2) is 4.98 Å². The maximum atomic E-state index is 4.66. The van der Waals surface area contributed by atoms with Crippen LogP contribution in [-0.4, -0.2) is 29.1 Å². The monoisotopic (exact) mass is 429 g/mol. The second kappa shape index (κ2) is 9.75. The zero-order valence-electron chi connectivity index (χ0n) is 14.5. The van der Waals surface area contributed by atoms with E-state index in [4.69, 9.17) is 0 Å². The van der Waals surface area contributed by atoms with E-state index in [1.54, 1.807) is 7.05 Å². The van der Waals surface area contributed by atoms with Gasteiger partial charge in [-0.05, 0) is 18.1 Å². The van der Waals surface area contributed by atoms with Gasteiger partial charge < -0.3 is 15.2 Å². The molecule has 2 aromatic rings. The Morgan fingerprint density at radius 3 is 2.52 bits per heavy atom.